The highest BCUT2D eigenvalue weighted by Gasteiger charge is 2.26. The molecule has 1 aromatic heterocycles. The summed E-state index contributed by atoms with van der Waals surface area (Å²) in [7, 11) is 0. The maximum absolute atomic E-state index is 12.7. The average molecular weight is 365 g/mol. The fourth-order valence-electron chi connectivity index (χ4n) is 3.99. The van der Waals surface area contributed by atoms with Crippen molar-refractivity contribution >= 4 is 23.3 Å². The normalized spacial score (nSPS) is 16.3. The number of ketones is 1. The number of hydrogen-bond acceptors (Lipinski definition) is 3. The molecule has 0 saturated carbocycles. The molecular weight excluding hydrogens is 342 g/mol. The van der Waals surface area contributed by atoms with Crippen LogP contribution >= 0.6 is 0 Å². The number of carbonyl (C=O) groups is 3. The SMILES string of the molecule is Cc1c(C(=O)Nc2ccc(C(=O)N3CCCC3)cc2)[nH]c2c1C(=O)CCC2. The molecule has 6 heteroatoms. The molecule has 0 radical (unpaired) electrons. The molecule has 2 aromatic rings. The van der Waals surface area contributed by atoms with Crippen LogP contribution in [0.1, 0.15) is 68.1 Å². The third kappa shape index (κ3) is 3.27. The van der Waals surface area contributed by atoms with Gasteiger partial charge in [-0.05, 0) is 62.4 Å². The Bertz CT molecular complexity index is 905. The van der Waals surface area contributed by atoms with Gasteiger partial charge in [-0.1, -0.05) is 0 Å². The Morgan fingerprint density at radius 3 is 2.41 bits per heavy atom. The maximum Gasteiger partial charge on any atom is 0.272 e. The van der Waals surface area contributed by atoms with E-state index in [9.17, 15) is 14.4 Å². The van der Waals surface area contributed by atoms with E-state index in [4.69, 9.17) is 0 Å². The Hall–Kier alpha value is -2.89. The smallest absolute Gasteiger partial charge is 0.272 e. The van der Waals surface area contributed by atoms with E-state index in [1.54, 1.807) is 24.3 Å². The average Bonchev–Trinajstić information content (AvgIpc) is 3.31. The maximum atomic E-state index is 12.7. The van der Waals surface area contributed by atoms with Crippen molar-refractivity contribution in [1.29, 1.82) is 0 Å². The van der Waals surface area contributed by atoms with Crippen LogP contribution in [0.5, 0.6) is 0 Å². The molecule has 1 fully saturated rings. The van der Waals surface area contributed by atoms with Gasteiger partial charge in [0.05, 0.1) is 0 Å². The van der Waals surface area contributed by atoms with Crippen molar-refractivity contribution in [2.75, 3.05) is 18.4 Å². The zero-order valence-corrected chi connectivity index (χ0v) is 15.4. The second-order valence-electron chi connectivity index (χ2n) is 7.29. The molecule has 2 heterocycles. The number of rotatable bonds is 3. The summed E-state index contributed by atoms with van der Waals surface area (Å²) in [6, 6.07) is 6.97. The van der Waals surface area contributed by atoms with Crippen LogP contribution in [0.25, 0.3) is 0 Å². The molecule has 2 N–H and O–H groups in total. The van der Waals surface area contributed by atoms with Gasteiger partial charge in [-0.2, -0.15) is 0 Å². The Morgan fingerprint density at radius 2 is 1.74 bits per heavy atom. The molecule has 2 amide bonds. The predicted molar refractivity (Wildman–Crippen MR) is 102 cm³/mol. The highest BCUT2D eigenvalue weighted by atomic mass is 16.2. The first kappa shape index (κ1) is 17.5. The third-order valence-electron chi connectivity index (χ3n) is 5.45. The molecule has 0 atom stereocenters. The molecule has 6 nitrogen and oxygen atoms in total. The number of aryl methyl sites for hydroxylation is 1. The number of nitrogens with one attached hydrogen (secondary N) is 2. The van der Waals surface area contributed by atoms with Crippen molar-refractivity contribution in [2.45, 2.75) is 39.0 Å². The number of fused-ring (bicyclic) bond motifs is 1. The molecule has 27 heavy (non-hydrogen) atoms. The van der Waals surface area contributed by atoms with Crippen LogP contribution in [-0.4, -0.2) is 40.6 Å². The quantitative estimate of drug-likeness (QED) is 0.875. The topological polar surface area (TPSA) is 82.3 Å². The molecule has 0 spiro atoms. The summed E-state index contributed by atoms with van der Waals surface area (Å²) in [5, 5.41) is 2.85. The molecule has 1 aliphatic carbocycles. The van der Waals surface area contributed by atoms with Crippen molar-refractivity contribution in [3.05, 3.63) is 52.3 Å². The van der Waals surface area contributed by atoms with E-state index in [2.05, 4.69) is 10.3 Å². The summed E-state index contributed by atoms with van der Waals surface area (Å²) in [5.41, 5.74) is 3.95. The fourth-order valence-corrected chi connectivity index (χ4v) is 3.99. The van der Waals surface area contributed by atoms with Crippen molar-refractivity contribution in [1.82, 2.24) is 9.88 Å². The van der Waals surface area contributed by atoms with Gasteiger partial charge in [0.15, 0.2) is 5.78 Å². The number of carbonyl (C=O) groups excluding carboxylic acids is 3. The van der Waals surface area contributed by atoms with Crippen LogP contribution in [0.4, 0.5) is 5.69 Å². The minimum atomic E-state index is -0.270. The summed E-state index contributed by atoms with van der Waals surface area (Å²) in [4.78, 5) is 42.2. The Kier molecular flexibility index (Phi) is 4.56. The first-order valence-corrected chi connectivity index (χ1v) is 9.50. The zero-order chi connectivity index (χ0) is 19.0. The van der Waals surface area contributed by atoms with Gasteiger partial charge in [-0.15, -0.1) is 0 Å². The van der Waals surface area contributed by atoms with Gasteiger partial charge in [0, 0.05) is 42.0 Å². The van der Waals surface area contributed by atoms with Gasteiger partial charge in [0.1, 0.15) is 5.69 Å². The summed E-state index contributed by atoms with van der Waals surface area (Å²) in [5.74, 6) is -0.126. The molecule has 0 bridgehead atoms. The van der Waals surface area contributed by atoms with Crippen molar-refractivity contribution in [3.63, 3.8) is 0 Å². The van der Waals surface area contributed by atoms with Gasteiger partial charge in [-0.3, -0.25) is 14.4 Å². The Labute approximate surface area is 157 Å². The van der Waals surface area contributed by atoms with E-state index >= 15 is 0 Å². The van der Waals surface area contributed by atoms with Gasteiger partial charge >= 0.3 is 0 Å². The lowest BCUT2D eigenvalue weighted by Gasteiger charge is -2.15. The standard InChI is InChI=1S/C21H23N3O3/c1-13-18-16(5-4-6-17(18)25)23-19(13)20(26)22-15-9-7-14(8-10-15)21(27)24-11-2-3-12-24/h7-10,23H,2-6,11-12H2,1H3,(H,22,26). The number of aromatic nitrogens is 1. The lowest BCUT2D eigenvalue weighted by Crippen LogP contribution is -2.27. The molecule has 0 unspecified atom stereocenters. The summed E-state index contributed by atoms with van der Waals surface area (Å²) < 4.78 is 0. The lowest BCUT2D eigenvalue weighted by molar-refractivity contribution is 0.0792. The summed E-state index contributed by atoms with van der Waals surface area (Å²) in [6.07, 6.45) is 4.27. The number of hydrogen-bond donors (Lipinski definition) is 2. The third-order valence-corrected chi connectivity index (χ3v) is 5.45. The van der Waals surface area contributed by atoms with Crippen molar-refractivity contribution < 1.29 is 14.4 Å². The van der Waals surface area contributed by atoms with E-state index in [0.29, 0.717) is 34.5 Å². The van der Waals surface area contributed by atoms with Crippen LogP contribution in [0.2, 0.25) is 0 Å². The number of amides is 2. The number of H-pyrrole nitrogens is 1. The molecule has 1 aromatic carbocycles. The first-order valence-electron chi connectivity index (χ1n) is 9.50. The number of aromatic amines is 1. The largest absolute Gasteiger partial charge is 0.354 e. The Morgan fingerprint density at radius 1 is 1.04 bits per heavy atom. The molecule has 1 aliphatic heterocycles. The highest BCUT2D eigenvalue weighted by Crippen LogP contribution is 2.27. The van der Waals surface area contributed by atoms with Gasteiger partial charge in [-0.25, -0.2) is 0 Å². The van der Waals surface area contributed by atoms with Crippen molar-refractivity contribution in [2.24, 2.45) is 0 Å². The number of benzene rings is 1. The van der Waals surface area contributed by atoms with Crippen molar-refractivity contribution in [3.8, 4) is 0 Å². The van der Waals surface area contributed by atoms with E-state index in [-0.39, 0.29) is 17.6 Å². The number of anilines is 1. The lowest BCUT2D eigenvalue weighted by atomic mass is 9.94. The second kappa shape index (κ2) is 7.02. The number of nitrogens with zero attached hydrogens (tertiary/aromatic N) is 1. The molecule has 2 aliphatic rings. The predicted octanol–water partition coefficient (Wildman–Crippen LogP) is 3.33. The van der Waals surface area contributed by atoms with Gasteiger partial charge in [0.25, 0.3) is 11.8 Å². The van der Waals surface area contributed by atoms with Crippen LogP contribution in [-0.2, 0) is 6.42 Å². The first-order chi connectivity index (χ1) is 13.0. The number of Topliss-reactive ketones (excluding diaryl/α,β-unsaturated/α-hetero) is 1. The minimum Gasteiger partial charge on any atom is -0.354 e. The highest BCUT2D eigenvalue weighted by molar-refractivity contribution is 6.08. The summed E-state index contributed by atoms with van der Waals surface area (Å²) >= 11 is 0. The van der Waals surface area contributed by atoms with E-state index < -0.39 is 0 Å². The Balaban J connectivity index is 1.49. The minimum absolute atomic E-state index is 0.0387. The zero-order valence-electron chi connectivity index (χ0n) is 15.4. The number of likely N-dealkylation sites (tertiary alicyclic amines) is 1. The molecule has 1 saturated heterocycles. The molecule has 140 valence electrons. The van der Waals surface area contributed by atoms with E-state index in [1.165, 1.54) is 0 Å². The fraction of sp³-hybridized carbons (Fsp3) is 0.381. The monoisotopic (exact) mass is 365 g/mol. The summed E-state index contributed by atoms with van der Waals surface area (Å²) in [6.45, 7) is 3.44. The van der Waals surface area contributed by atoms with Crippen LogP contribution < -0.4 is 5.32 Å². The van der Waals surface area contributed by atoms with Gasteiger partial charge < -0.3 is 15.2 Å². The second-order valence-corrected chi connectivity index (χ2v) is 7.29. The molecule has 4 rings (SSSR count). The van der Waals surface area contributed by atoms with Crippen LogP contribution in [0.3, 0.4) is 0 Å². The van der Waals surface area contributed by atoms with E-state index in [1.807, 2.05) is 11.8 Å². The van der Waals surface area contributed by atoms with Crippen LogP contribution in [0, 0.1) is 6.92 Å². The van der Waals surface area contributed by atoms with E-state index in [0.717, 1.165) is 44.5 Å². The van der Waals surface area contributed by atoms with Gasteiger partial charge in [0.2, 0.25) is 0 Å². The molecular formula is C21H23N3O3. The van der Waals surface area contributed by atoms with Crippen LogP contribution in [0.15, 0.2) is 24.3 Å².